The summed E-state index contributed by atoms with van der Waals surface area (Å²) in [7, 11) is 0. The molecule has 6 heterocycles. The summed E-state index contributed by atoms with van der Waals surface area (Å²) in [6.07, 6.45) is 17.4. The van der Waals surface area contributed by atoms with Gasteiger partial charge in [0.2, 0.25) is 0 Å². The minimum atomic E-state index is 0.615. The largest absolute Gasteiger partial charge is 0.264 e. The molecule has 6 aromatic heterocycles. The van der Waals surface area contributed by atoms with E-state index in [2.05, 4.69) is 74.1 Å². The first-order valence-electron chi connectivity index (χ1n) is 17.1. The average molecular weight is 699 g/mol. The van der Waals surface area contributed by atoms with Gasteiger partial charge in [-0.25, -0.2) is 29.9 Å². The predicted molar refractivity (Wildman–Crippen MR) is 209 cm³/mol. The van der Waals surface area contributed by atoms with E-state index in [4.69, 9.17) is 0 Å². The summed E-state index contributed by atoms with van der Waals surface area (Å²) in [5.74, 6) is 2.55. The van der Waals surface area contributed by atoms with E-state index in [0.717, 1.165) is 55.6 Å². The summed E-state index contributed by atoms with van der Waals surface area (Å²) in [5, 5.41) is 0. The Morgan fingerprint density at radius 3 is 0.778 bits per heavy atom. The van der Waals surface area contributed by atoms with E-state index in [0.29, 0.717) is 23.3 Å². The van der Waals surface area contributed by atoms with Gasteiger partial charge >= 0.3 is 0 Å². The van der Waals surface area contributed by atoms with Crippen LogP contribution in [0.25, 0.3) is 78.9 Å². The number of rotatable bonds is 7. The van der Waals surface area contributed by atoms with Crippen LogP contribution in [0.3, 0.4) is 0 Å². The molecule has 0 spiro atoms. The van der Waals surface area contributed by atoms with Crippen molar-refractivity contribution in [1.29, 1.82) is 0 Å². The lowest BCUT2D eigenvalue weighted by Gasteiger charge is -2.06. The monoisotopic (exact) mass is 698 g/mol. The Balaban J connectivity index is 0.000000157. The first kappa shape index (κ1) is 33.4. The van der Waals surface area contributed by atoms with Crippen LogP contribution >= 0.6 is 0 Å². The Labute approximate surface area is 311 Å². The van der Waals surface area contributed by atoms with E-state index in [9.17, 15) is 0 Å². The molecule has 0 amide bonds. The topological polar surface area (TPSA) is 129 Å². The second kappa shape index (κ2) is 16.1. The molecule has 0 fully saturated rings. The second-order valence-electron chi connectivity index (χ2n) is 12.0. The first-order valence-corrected chi connectivity index (χ1v) is 17.1. The normalized spacial score (nSPS) is 10.6. The van der Waals surface area contributed by atoms with Gasteiger partial charge in [-0.3, -0.25) is 19.9 Å². The van der Waals surface area contributed by atoms with Crippen molar-refractivity contribution >= 4 is 0 Å². The van der Waals surface area contributed by atoms with E-state index >= 15 is 0 Å². The van der Waals surface area contributed by atoms with Gasteiger partial charge in [-0.1, -0.05) is 91.0 Å². The molecule has 0 N–H and O–H groups in total. The van der Waals surface area contributed by atoms with Crippen LogP contribution in [0.15, 0.2) is 184 Å². The van der Waals surface area contributed by atoms with Crippen molar-refractivity contribution in [1.82, 2.24) is 49.8 Å². The lowest BCUT2D eigenvalue weighted by Crippen LogP contribution is -1.95. The van der Waals surface area contributed by atoms with Gasteiger partial charge in [0.25, 0.3) is 0 Å². The van der Waals surface area contributed by atoms with Crippen LogP contribution in [0, 0.1) is 0 Å². The summed E-state index contributed by atoms with van der Waals surface area (Å²) in [4.78, 5) is 43.0. The zero-order chi connectivity index (χ0) is 36.4. The number of hydrogen-bond donors (Lipinski definition) is 0. The fraction of sp³-hybridized carbons (Fsp3) is 0. The molecule has 0 saturated carbocycles. The maximum absolute atomic E-state index is 4.67. The summed E-state index contributed by atoms with van der Waals surface area (Å²) < 4.78 is 0. The maximum Gasteiger partial charge on any atom is 0.164 e. The van der Waals surface area contributed by atoms with E-state index in [1.807, 2.05) is 116 Å². The zero-order valence-corrected chi connectivity index (χ0v) is 28.8. The molecule has 0 aliphatic heterocycles. The molecular formula is C44H30N10. The number of pyridine rings is 4. The lowest BCUT2D eigenvalue weighted by molar-refractivity contribution is 1.06. The highest BCUT2D eigenvalue weighted by atomic mass is 15.0. The molecule has 256 valence electrons. The van der Waals surface area contributed by atoms with Crippen molar-refractivity contribution in [3.63, 3.8) is 0 Å². The van der Waals surface area contributed by atoms with Crippen molar-refractivity contribution in [3.05, 3.63) is 184 Å². The lowest BCUT2D eigenvalue weighted by atomic mass is 10.0. The zero-order valence-electron chi connectivity index (χ0n) is 28.8. The molecule has 0 unspecified atom stereocenters. The molecule has 0 radical (unpaired) electrons. The fourth-order valence-corrected chi connectivity index (χ4v) is 5.68. The predicted octanol–water partition coefficient (Wildman–Crippen LogP) is 8.99. The van der Waals surface area contributed by atoms with Crippen molar-refractivity contribution in [2.45, 2.75) is 0 Å². The Bertz CT molecular complexity index is 2460. The summed E-state index contributed by atoms with van der Waals surface area (Å²) in [6.45, 7) is 0. The van der Waals surface area contributed by atoms with Crippen LogP contribution in [-0.2, 0) is 0 Å². The minimum Gasteiger partial charge on any atom is -0.264 e. The molecule has 54 heavy (non-hydrogen) atoms. The van der Waals surface area contributed by atoms with Crippen LogP contribution in [0.2, 0.25) is 0 Å². The quantitative estimate of drug-likeness (QED) is 0.159. The van der Waals surface area contributed by atoms with Gasteiger partial charge in [0.15, 0.2) is 23.3 Å². The van der Waals surface area contributed by atoms with Crippen molar-refractivity contribution in [3.8, 4) is 78.9 Å². The van der Waals surface area contributed by atoms with E-state index in [1.54, 1.807) is 37.3 Å². The van der Waals surface area contributed by atoms with Crippen molar-refractivity contribution < 1.29 is 0 Å². The third-order valence-electron chi connectivity index (χ3n) is 8.48. The van der Waals surface area contributed by atoms with Crippen molar-refractivity contribution in [2.24, 2.45) is 0 Å². The van der Waals surface area contributed by atoms with E-state index in [-0.39, 0.29) is 0 Å². The molecule has 0 aliphatic rings. The molecule has 3 aromatic carbocycles. The Morgan fingerprint density at radius 2 is 0.500 bits per heavy atom. The number of aromatic nitrogens is 10. The number of nitrogens with zero attached hydrogens (tertiary/aromatic N) is 10. The first-order chi connectivity index (χ1) is 26.8. The SMILES string of the molecule is c1cncc(-c2ccc(-c3ncnc(-c4ccc(-c5cccnc5)cc4)n3)cc2)c1.c1cncc(-c2ccc(-c3ncnc(-c4cccnc4)n3)cc2)c1. The van der Waals surface area contributed by atoms with Gasteiger partial charge in [-0.15, -0.1) is 0 Å². The summed E-state index contributed by atoms with van der Waals surface area (Å²) in [5.41, 5.74) is 10.2. The Kier molecular flexibility index (Phi) is 9.96. The van der Waals surface area contributed by atoms with Gasteiger partial charge in [0.1, 0.15) is 12.7 Å². The van der Waals surface area contributed by atoms with Crippen LogP contribution < -0.4 is 0 Å². The highest BCUT2D eigenvalue weighted by Gasteiger charge is 2.09. The van der Waals surface area contributed by atoms with Crippen molar-refractivity contribution in [2.75, 3.05) is 0 Å². The molecule has 9 aromatic rings. The summed E-state index contributed by atoms with van der Waals surface area (Å²) in [6, 6.07) is 40.1. The van der Waals surface area contributed by atoms with Gasteiger partial charge < -0.3 is 0 Å². The van der Waals surface area contributed by atoms with Gasteiger partial charge in [-0.05, 0) is 63.7 Å². The highest BCUT2D eigenvalue weighted by Crippen LogP contribution is 2.26. The van der Waals surface area contributed by atoms with Gasteiger partial charge in [0, 0.05) is 71.8 Å². The molecule has 10 nitrogen and oxygen atoms in total. The van der Waals surface area contributed by atoms with E-state index < -0.39 is 0 Å². The molecule has 0 aliphatic carbocycles. The van der Waals surface area contributed by atoms with Crippen LogP contribution in [0.5, 0.6) is 0 Å². The third kappa shape index (κ3) is 7.93. The van der Waals surface area contributed by atoms with Gasteiger partial charge in [0.05, 0.1) is 0 Å². The minimum absolute atomic E-state index is 0.615. The number of hydrogen-bond acceptors (Lipinski definition) is 10. The van der Waals surface area contributed by atoms with Crippen LogP contribution in [0.4, 0.5) is 0 Å². The summed E-state index contributed by atoms with van der Waals surface area (Å²) >= 11 is 0. The second-order valence-corrected chi connectivity index (χ2v) is 12.0. The highest BCUT2D eigenvalue weighted by molar-refractivity contribution is 5.70. The van der Waals surface area contributed by atoms with Gasteiger partial charge in [-0.2, -0.15) is 0 Å². The molecule has 0 saturated heterocycles. The van der Waals surface area contributed by atoms with Crippen LogP contribution in [-0.4, -0.2) is 49.8 Å². The molecule has 0 bridgehead atoms. The molecule has 10 heteroatoms. The Morgan fingerprint density at radius 1 is 0.241 bits per heavy atom. The average Bonchev–Trinajstić information content (AvgIpc) is 3.28. The molecule has 9 rings (SSSR count). The number of benzene rings is 3. The fourth-order valence-electron chi connectivity index (χ4n) is 5.68. The van der Waals surface area contributed by atoms with Crippen LogP contribution in [0.1, 0.15) is 0 Å². The Hall–Kier alpha value is -7.72. The standard InChI is InChI=1S/C25H17N5.C19H13N5/c1-3-22(15-26-13-1)18-5-9-20(10-6-18)24-28-17-29-25(30-24)21-11-7-19(8-12-21)23-4-2-14-27-16-23;1-3-16(11-20-9-1)14-5-7-15(8-6-14)18-22-13-23-19(24-18)17-4-2-10-21-12-17/h1-17H;1-13H. The maximum atomic E-state index is 4.67. The smallest absolute Gasteiger partial charge is 0.164 e. The third-order valence-corrected chi connectivity index (χ3v) is 8.48. The molecular weight excluding hydrogens is 669 g/mol. The van der Waals surface area contributed by atoms with E-state index in [1.165, 1.54) is 6.33 Å². The molecule has 0 atom stereocenters.